The number of nitrogens with one attached hydrogen (secondary N) is 2. The quantitative estimate of drug-likeness (QED) is 0.534. The third-order valence-electron chi connectivity index (χ3n) is 2.60. The van der Waals surface area contributed by atoms with Crippen LogP contribution in [0.25, 0.3) is 0 Å². The predicted octanol–water partition coefficient (Wildman–Crippen LogP) is -1.32. The molecule has 3 amide bonds. The molecule has 0 aliphatic heterocycles. The molecule has 19 heavy (non-hydrogen) atoms. The van der Waals surface area contributed by atoms with E-state index in [0.717, 1.165) is 0 Å². The van der Waals surface area contributed by atoms with Gasteiger partial charge in [-0.05, 0) is 5.92 Å². The van der Waals surface area contributed by atoms with Crippen molar-refractivity contribution in [3.63, 3.8) is 0 Å². The minimum atomic E-state index is -0.622. The number of nitrogens with zero attached hydrogens (tertiary/aromatic N) is 1. The van der Waals surface area contributed by atoms with Crippen molar-refractivity contribution in [1.29, 1.82) is 0 Å². The van der Waals surface area contributed by atoms with Gasteiger partial charge in [-0.25, -0.2) is 0 Å². The van der Waals surface area contributed by atoms with Gasteiger partial charge in [0.2, 0.25) is 17.7 Å². The first-order valence-electron chi connectivity index (χ1n) is 6.25. The summed E-state index contributed by atoms with van der Waals surface area (Å²) in [6.07, 6.45) is 0.234. The Bertz CT molecular complexity index is 329. The van der Waals surface area contributed by atoms with Crippen molar-refractivity contribution in [2.45, 2.75) is 26.3 Å². The molecule has 0 aliphatic carbocycles. The second-order valence-corrected chi connectivity index (χ2v) is 4.88. The minimum absolute atomic E-state index is 0.0146. The van der Waals surface area contributed by atoms with Crippen LogP contribution in [0.1, 0.15) is 20.3 Å². The predicted molar refractivity (Wildman–Crippen MR) is 72.1 cm³/mol. The fourth-order valence-electron chi connectivity index (χ4n) is 1.18. The number of rotatable bonds is 7. The average Bonchev–Trinajstić information content (AvgIpc) is 2.34. The molecule has 7 heteroatoms. The molecule has 0 aromatic heterocycles. The van der Waals surface area contributed by atoms with Gasteiger partial charge in [-0.2, -0.15) is 0 Å². The molecule has 0 aliphatic rings. The van der Waals surface area contributed by atoms with Gasteiger partial charge in [0.1, 0.15) is 0 Å². The third-order valence-corrected chi connectivity index (χ3v) is 2.60. The van der Waals surface area contributed by atoms with Gasteiger partial charge in [0.15, 0.2) is 0 Å². The normalized spacial score (nSPS) is 11.9. The van der Waals surface area contributed by atoms with E-state index in [0.29, 0.717) is 0 Å². The maximum absolute atomic E-state index is 11.5. The van der Waals surface area contributed by atoms with Crippen LogP contribution in [-0.2, 0) is 14.4 Å². The number of carbonyl (C=O) groups is 3. The van der Waals surface area contributed by atoms with Gasteiger partial charge in [-0.3, -0.25) is 14.4 Å². The molecule has 0 bridgehead atoms. The van der Waals surface area contributed by atoms with Crippen molar-refractivity contribution in [3.05, 3.63) is 0 Å². The molecule has 0 spiro atoms. The van der Waals surface area contributed by atoms with Crippen molar-refractivity contribution < 1.29 is 14.4 Å². The molecule has 0 aromatic rings. The lowest BCUT2D eigenvalue weighted by Crippen LogP contribution is -2.47. The Morgan fingerprint density at radius 2 is 1.74 bits per heavy atom. The summed E-state index contributed by atoms with van der Waals surface area (Å²) >= 11 is 0. The molecule has 0 saturated heterocycles. The van der Waals surface area contributed by atoms with Crippen LogP contribution in [0, 0.1) is 5.92 Å². The molecule has 4 N–H and O–H groups in total. The number of nitrogens with two attached hydrogens (primary N) is 1. The van der Waals surface area contributed by atoms with E-state index >= 15 is 0 Å². The van der Waals surface area contributed by atoms with Gasteiger partial charge in [-0.15, -0.1) is 0 Å². The summed E-state index contributed by atoms with van der Waals surface area (Å²) in [5.41, 5.74) is 5.63. The Labute approximate surface area is 113 Å². The van der Waals surface area contributed by atoms with Gasteiger partial charge in [0, 0.05) is 27.1 Å². The van der Waals surface area contributed by atoms with E-state index < -0.39 is 6.04 Å². The van der Waals surface area contributed by atoms with E-state index in [-0.39, 0.29) is 43.1 Å². The standard InChI is InChI=1S/C12H24N4O3/c1-8(2)11(13)12(19)15-7-9(17)14-6-5-10(18)16(3)4/h8,11H,5-7,13H2,1-4H3,(H,14,17)(H,15,19)/t11-/m0/s1. The second-order valence-electron chi connectivity index (χ2n) is 4.88. The number of amides is 3. The molecular weight excluding hydrogens is 248 g/mol. The Morgan fingerprint density at radius 3 is 2.21 bits per heavy atom. The van der Waals surface area contributed by atoms with E-state index in [1.165, 1.54) is 4.90 Å². The van der Waals surface area contributed by atoms with E-state index in [2.05, 4.69) is 10.6 Å². The highest BCUT2D eigenvalue weighted by Crippen LogP contribution is 1.97. The van der Waals surface area contributed by atoms with Crippen molar-refractivity contribution in [2.24, 2.45) is 11.7 Å². The van der Waals surface area contributed by atoms with Gasteiger partial charge in [-0.1, -0.05) is 13.8 Å². The van der Waals surface area contributed by atoms with E-state index in [4.69, 9.17) is 5.73 Å². The van der Waals surface area contributed by atoms with Crippen molar-refractivity contribution in [2.75, 3.05) is 27.2 Å². The van der Waals surface area contributed by atoms with E-state index in [9.17, 15) is 14.4 Å². The Kier molecular flexibility index (Phi) is 7.74. The molecule has 0 heterocycles. The molecule has 0 radical (unpaired) electrons. The van der Waals surface area contributed by atoms with Crippen molar-refractivity contribution in [3.8, 4) is 0 Å². The van der Waals surface area contributed by atoms with Gasteiger partial charge < -0.3 is 21.3 Å². The smallest absolute Gasteiger partial charge is 0.239 e. The molecule has 0 saturated carbocycles. The van der Waals surface area contributed by atoms with Crippen LogP contribution in [0.3, 0.4) is 0 Å². The highest BCUT2D eigenvalue weighted by molar-refractivity contribution is 5.87. The number of hydrogen-bond acceptors (Lipinski definition) is 4. The monoisotopic (exact) mass is 272 g/mol. The van der Waals surface area contributed by atoms with Gasteiger partial charge in [0.05, 0.1) is 12.6 Å². The summed E-state index contributed by atoms with van der Waals surface area (Å²) in [4.78, 5) is 35.6. The lowest BCUT2D eigenvalue weighted by atomic mass is 10.1. The fourth-order valence-corrected chi connectivity index (χ4v) is 1.18. The van der Waals surface area contributed by atoms with Crippen molar-refractivity contribution >= 4 is 17.7 Å². The van der Waals surface area contributed by atoms with Crippen LogP contribution in [0.5, 0.6) is 0 Å². The summed E-state index contributed by atoms with van der Waals surface area (Å²) in [5.74, 6) is -0.739. The van der Waals surface area contributed by atoms with Crippen LogP contribution in [0.4, 0.5) is 0 Å². The van der Waals surface area contributed by atoms with Crippen LogP contribution >= 0.6 is 0 Å². The topological polar surface area (TPSA) is 105 Å². The highest BCUT2D eigenvalue weighted by Gasteiger charge is 2.17. The Balaban J connectivity index is 3.82. The van der Waals surface area contributed by atoms with Crippen molar-refractivity contribution in [1.82, 2.24) is 15.5 Å². The summed E-state index contributed by atoms with van der Waals surface area (Å²) in [6.45, 7) is 3.78. The van der Waals surface area contributed by atoms with Crippen LogP contribution in [0.2, 0.25) is 0 Å². The lowest BCUT2D eigenvalue weighted by Gasteiger charge is -2.15. The van der Waals surface area contributed by atoms with Crippen LogP contribution < -0.4 is 16.4 Å². The van der Waals surface area contributed by atoms with E-state index in [1.807, 2.05) is 13.8 Å². The molecule has 0 unspecified atom stereocenters. The zero-order valence-electron chi connectivity index (χ0n) is 12.0. The molecule has 0 fully saturated rings. The Hall–Kier alpha value is -1.63. The second kappa shape index (κ2) is 8.47. The van der Waals surface area contributed by atoms with Crippen LogP contribution in [0.15, 0.2) is 0 Å². The summed E-state index contributed by atoms with van der Waals surface area (Å²) in [6, 6.07) is -0.622. The van der Waals surface area contributed by atoms with Gasteiger partial charge >= 0.3 is 0 Å². The summed E-state index contributed by atoms with van der Waals surface area (Å²) < 4.78 is 0. The number of carbonyl (C=O) groups excluding carboxylic acids is 3. The first-order valence-corrected chi connectivity index (χ1v) is 6.25. The Morgan fingerprint density at radius 1 is 1.16 bits per heavy atom. The highest BCUT2D eigenvalue weighted by atomic mass is 16.2. The molecule has 110 valence electrons. The first-order chi connectivity index (χ1) is 8.75. The SMILES string of the molecule is CC(C)[C@H](N)C(=O)NCC(=O)NCCC(=O)N(C)C. The molecular formula is C12H24N4O3. The molecule has 7 nitrogen and oxygen atoms in total. The molecule has 0 rings (SSSR count). The average molecular weight is 272 g/mol. The summed E-state index contributed by atoms with van der Waals surface area (Å²) in [5, 5.41) is 5.00. The zero-order valence-corrected chi connectivity index (χ0v) is 12.0. The largest absolute Gasteiger partial charge is 0.354 e. The lowest BCUT2D eigenvalue weighted by molar-refractivity contribution is -0.129. The molecule has 1 atom stereocenters. The maximum atomic E-state index is 11.5. The fraction of sp³-hybridized carbons (Fsp3) is 0.750. The molecule has 0 aromatic carbocycles. The van der Waals surface area contributed by atoms with Crippen LogP contribution in [-0.4, -0.2) is 55.8 Å². The maximum Gasteiger partial charge on any atom is 0.239 e. The first kappa shape index (κ1) is 17.4. The van der Waals surface area contributed by atoms with E-state index in [1.54, 1.807) is 14.1 Å². The van der Waals surface area contributed by atoms with Gasteiger partial charge in [0.25, 0.3) is 0 Å². The third kappa shape index (κ3) is 7.40. The minimum Gasteiger partial charge on any atom is -0.354 e. The number of hydrogen-bond donors (Lipinski definition) is 3. The zero-order chi connectivity index (χ0) is 15.0. The summed E-state index contributed by atoms with van der Waals surface area (Å²) in [7, 11) is 3.30.